The highest BCUT2D eigenvalue weighted by atomic mass is 32.2. The highest BCUT2D eigenvalue weighted by molar-refractivity contribution is 7.89. The molecule has 1 aliphatic heterocycles. The van der Waals surface area contributed by atoms with Gasteiger partial charge in [0.25, 0.3) is 5.91 Å². The van der Waals surface area contributed by atoms with Gasteiger partial charge in [-0.3, -0.25) is 4.79 Å². The molecule has 0 bridgehead atoms. The smallest absolute Gasteiger partial charge is 0.252 e. The molecule has 5 nitrogen and oxygen atoms in total. The number of aryl methyl sites for hydroxylation is 1. The Balaban J connectivity index is 1.58. The maximum Gasteiger partial charge on any atom is 0.252 e. The average Bonchev–Trinajstić information content (AvgIpc) is 3.35. The van der Waals surface area contributed by atoms with Crippen LogP contribution >= 0.6 is 0 Å². The number of nitrogens with zero attached hydrogens (tertiary/aromatic N) is 1. The molecule has 0 radical (unpaired) electrons. The molecule has 1 saturated heterocycles. The van der Waals surface area contributed by atoms with Gasteiger partial charge in [-0.15, -0.1) is 0 Å². The van der Waals surface area contributed by atoms with E-state index in [1.54, 1.807) is 12.1 Å². The molecule has 1 aliphatic rings. The lowest BCUT2D eigenvalue weighted by Crippen LogP contribution is -2.30. The van der Waals surface area contributed by atoms with E-state index in [-0.39, 0.29) is 16.8 Å². The molecular formula is C25H26N2O3S. The van der Waals surface area contributed by atoms with Gasteiger partial charge in [0.15, 0.2) is 0 Å². The minimum absolute atomic E-state index is 0.226. The van der Waals surface area contributed by atoms with Gasteiger partial charge in [0.2, 0.25) is 10.0 Å². The lowest BCUT2D eigenvalue weighted by molar-refractivity contribution is 0.0943. The van der Waals surface area contributed by atoms with Crippen LogP contribution in [0.2, 0.25) is 0 Å². The first kappa shape index (κ1) is 21.3. The lowest BCUT2D eigenvalue weighted by Gasteiger charge is -2.22. The minimum atomic E-state index is -3.49. The number of sulfonamides is 1. The molecule has 4 rings (SSSR count). The highest BCUT2D eigenvalue weighted by Gasteiger charge is 2.27. The van der Waals surface area contributed by atoms with Crippen molar-refractivity contribution in [1.29, 1.82) is 0 Å². The molecule has 1 amide bonds. The third-order valence-electron chi connectivity index (χ3n) is 5.73. The zero-order valence-corrected chi connectivity index (χ0v) is 18.3. The summed E-state index contributed by atoms with van der Waals surface area (Å²) in [5, 5.41) is 3.12. The fourth-order valence-electron chi connectivity index (χ4n) is 3.97. The van der Waals surface area contributed by atoms with Crippen LogP contribution in [0.3, 0.4) is 0 Å². The Labute approximate surface area is 183 Å². The van der Waals surface area contributed by atoms with E-state index < -0.39 is 10.0 Å². The van der Waals surface area contributed by atoms with E-state index in [2.05, 4.69) is 5.32 Å². The van der Waals surface area contributed by atoms with Crippen molar-refractivity contribution in [2.24, 2.45) is 0 Å². The van der Waals surface area contributed by atoms with Crippen molar-refractivity contribution in [1.82, 2.24) is 9.62 Å². The monoisotopic (exact) mass is 434 g/mol. The number of nitrogens with one attached hydrogen (secondary N) is 1. The van der Waals surface area contributed by atoms with Gasteiger partial charge in [0, 0.05) is 18.7 Å². The van der Waals surface area contributed by atoms with Crippen LogP contribution in [-0.2, 0) is 10.0 Å². The first-order valence-corrected chi connectivity index (χ1v) is 11.9. The molecule has 3 aromatic rings. The fraction of sp³-hybridized carbons (Fsp3) is 0.240. The molecule has 0 saturated carbocycles. The van der Waals surface area contributed by atoms with Gasteiger partial charge in [-0.1, -0.05) is 54.6 Å². The molecule has 0 aromatic heterocycles. The quantitative estimate of drug-likeness (QED) is 0.629. The van der Waals surface area contributed by atoms with Gasteiger partial charge in [0.1, 0.15) is 0 Å². The Morgan fingerprint density at radius 2 is 1.48 bits per heavy atom. The topological polar surface area (TPSA) is 66.5 Å². The van der Waals surface area contributed by atoms with Gasteiger partial charge in [-0.25, -0.2) is 8.42 Å². The van der Waals surface area contributed by atoms with E-state index in [0.29, 0.717) is 18.7 Å². The molecule has 1 unspecified atom stereocenters. The average molecular weight is 435 g/mol. The van der Waals surface area contributed by atoms with Gasteiger partial charge < -0.3 is 5.32 Å². The summed E-state index contributed by atoms with van der Waals surface area (Å²) in [6.45, 7) is 3.13. The first-order chi connectivity index (χ1) is 15.0. The van der Waals surface area contributed by atoms with E-state index in [4.69, 9.17) is 0 Å². The van der Waals surface area contributed by atoms with Crippen molar-refractivity contribution in [3.8, 4) is 0 Å². The number of amides is 1. The summed E-state index contributed by atoms with van der Waals surface area (Å²) < 4.78 is 27.0. The van der Waals surface area contributed by atoms with Crippen molar-refractivity contribution in [2.45, 2.75) is 30.7 Å². The van der Waals surface area contributed by atoms with Crippen LogP contribution in [0, 0.1) is 6.92 Å². The largest absolute Gasteiger partial charge is 0.341 e. The predicted octanol–water partition coefficient (Wildman–Crippen LogP) is 4.30. The molecule has 1 fully saturated rings. The van der Waals surface area contributed by atoms with Crippen molar-refractivity contribution in [3.63, 3.8) is 0 Å². The normalized spacial score (nSPS) is 15.5. The van der Waals surface area contributed by atoms with Crippen molar-refractivity contribution in [3.05, 3.63) is 101 Å². The predicted molar refractivity (Wildman–Crippen MR) is 121 cm³/mol. The van der Waals surface area contributed by atoms with Gasteiger partial charge in [-0.05, 0) is 60.7 Å². The zero-order chi connectivity index (χ0) is 21.8. The molecule has 6 heteroatoms. The van der Waals surface area contributed by atoms with Crippen molar-refractivity contribution >= 4 is 15.9 Å². The Morgan fingerprint density at radius 1 is 0.871 bits per heavy atom. The van der Waals surface area contributed by atoms with Crippen LogP contribution in [-0.4, -0.2) is 31.7 Å². The summed E-state index contributed by atoms with van der Waals surface area (Å²) in [6.07, 6.45) is 1.78. The molecule has 1 N–H and O–H groups in total. The lowest BCUT2D eigenvalue weighted by atomic mass is 9.94. The minimum Gasteiger partial charge on any atom is -0.341 e. The Bertz CT molecular complexity index is 1150. The van der Waals surface area contributed by atoms with Crippen LogP contribution in [0.5, 0.6) is 0 Å². The number of benzene rings is 3. The molecule has 160 valence electrons. The molecular weight excluding hydrogens is 408 g/mol. The summed E-state index contributed by atoms with van der Waals surface area (Å²) in [5.74, 6) is -0.248. The number of hydrogen-bond acceptors (Lipinski definition) is 3. The number of rotatable bonds is 6. The van der Waals surface area contributed by atoms with E-state index in [9.17, 15) is 13.2 Å². The Hall–Kier alpha value is -2.96. The van der Waals surface area contributed by atoms with E-state index >= 15 is 0 Å². The third-order valence-corrected chi connectivity index (χ3v) is 7.64. The second-order valence-corrected chi connectivity index (χ2v) is 9.75. The highest BCUT2D eigenvalue weighted by Crippen LogP contribution is 2.26. The standard InChI is InChI=1S/C25H26N2O3S/c1-19-9-5-6-12-23(19)24(20-10-3-2-4-11-20)26-25(28)21-13-15-22(16-14-21)31(29,30)27-17-7-8-18-27/h2-6,9-16,24H,7-8,17-18H2,1H3,(H,26,28). The Kier molecular flexibility index (Phi) is 6.20. The number of carbonyl (C=O) groups is 1. The van der Waals surface area contributed by atoms with Crippen molar-refractivity contribution < 1.29 is 13.2 Å². The SMILES string of the molecule is Cc1ccccc1C(NC(=O)c1ccc(S(=O)(=O)N2CCCC2)cc1)c1ccccc1. The van der Waals surface area contributed by atoms with Crippen LogP contribution in [0.25, 0.3) is 0 Å². The van der Waals surface area contributed by atoms with Crippen LogP contribution in [0.1, 0.15) is 45.9 Å². The maximum atomic E-state index is 13.1. The van der Waals surface area contributed by atoms with Gasteiger partial charge >= 0.3 is 0 Å². The zero-order valence-electron chi connectivity index (χ0n) is 17.5. The van der Waals surface area contributed by atoms with E-state index in [1.807, 2.05) is 61.5 Å². The summed E-state index contributed by atoms with van der Waals surface area (Å²) in [5.41, 5.74) is 3.52. The van der Waals surface area contributed by atoms with Crippen LogP contribution in [0.15, 0.2) is 83.8 Å². The Morgan fingerprint density at radius 3 is 2.13 bits per heavy atom. The molecule has 0 aliphatic carbocycles. The molecule has 0 spiro atoms. The summed E-state index contributed by atoms with van der Waals surface area (Å²) in [4.78, 5) is 13.3. The second kappa shape index (κ2) is 9.04. The second-order valence-electron chi connectivity index (χ2n) is 7.81. The number of carbonyl (C=O) groups excluding carboxylic acids is 1. The van der Waals surface area contributed by atoms with Crippen molar-refractivity contribution in [2.75, 3.05) is 13.1 Å². The van der Waals surface area contributed by atoms with Gasteiger partial charge in [0.05, 0.1) is 10.9 Å². The summed E-state index contributed by atoms with van der Waals surface area (Å²) in [6, 6.07) is 23.7. The maximum absolute atomic E-state index is 13.1. The van der Waals surface area contributed by atoms with Gasteiger partial charge in [-0.2, -0.15) is 4.31 Å². The molecule has 1 heterocycles. The summed E-state index contributed by atoms with van der Waals surface area (Å²) >= 11 is 0. The van der Waals surface area contributed by atoms with Crippen LogP contribution in [0.4, 0.5) is 0 Å². The van der Waals surface area contributed by atoms with E-state index in [1.165, 1.54) is 16.4 Å². The summed E-state index contributed by atoms with van der Waals surface area (Å²) in [7, 11) is -3.49. The molecule has 3 aromatic carbocycles. The molecule has 1 atom stereocenters. The number of hydrogen-bond donors (Lipinski definition) is 1. The first-order valence-electron chi connectivity index (χ1n) is 10.5. The van der Waals surface area contributed by atoms with E-state index in [0.717, 1.165) is 29.5 Å². The van der Waals surface area contributed by atoms with Crippen LogP contribution < -0.4 is 5.32 Å². The fourth-order valence-corrected chi connectivity index (χ4v) is 5.48. The third kappa shape index (κ3) is 4.55. The molecule has 31 heavy (non-hydrogen) atoms.